The van der Waals surface area contributed by atoms with Gasteiger partial charge in [0.1, 0.15) is 11.6 Å². The van der Waals surface area contributed by atoms with Crippen molar-refractivity contribution in [1.82, 2.24) is 20.0 Å². The molecule has 2 aliphatic heterocycles. The van der Waals surface area contributed by atoms with Crippen molar-refractivity contribution in [1.29, 1.82) is 0 Å². The molecule has 146 valence electrons. The van der Waals surface area contributed by atoms with E-state index in [0.717, 1.165) is 12.2 Å². The Morgan fingerprint density at radius 3 is 2.62 bits per heavy atom. The molecule has 26 heavy (non-hydrogen) atoms. The van der Waals surface area contributed by atoms with E-state index in [1.807, 2.05) is 18.0 Å². The lowest BCUT2D eigenvalue weighted by molar-refractivity contribution is -0.146. The number of fused-ring (bicyclic) bond motifs is 1. The Labute approximate surface area is 153 Å². The summed E-state index contributed by atoms with van der Waals surface area (Å²) in [7, 11) is 1.30. The number of nitrogens with one attached hydrogen (secondary N) is 1. The topological polar surface area (TPSA) is 91.4 Å². The number of rotatable bonds is 5. The summed E-state index contributed by atoms with van der Waals surface area (Å²) >= 11 is 0. The molecule has 0 bridgehead atoms. The van der Waals surface area contributed by atoms with Crippen molar-refractivity contribution in [3.8, 4) is 0 Å². The van der Waals surface area contributed by atoms with Crippen LogP contribution >= 0.6 is 0 Å². The van der Waals surface area contributed by atoms with E-state index in [2.05, 4.69) is 5.32 Å². The van der Waals surface area contributed by atoms with Crippen LogP contribution in [0.2, 0.25) is 0 Å². The van der Waals surface area contributed by atoms with Crippen LogP contribution in [0.5, 0.6) is 0 Å². The van der Waals surface area contributed by atoms with Gasteiger partial charge in [0.05, 0.1) is 13.8 Å². The van der Waals surface area contributed by atoms with E-state index in [0.29, 0.717) is 13.1 Å². The summed E-state index contributed by atoms with van der Waals surface area (Å²) in [6, 6.07) is -0.966. The van der Waals surface area contributed by atoms with Gasteiger partial charge in [-0.3, -0.25) is 4.90 Å². The molecule has 1 atom stereocenters. The van der Waals surface area contributed by atoms with Gasteiger partial charge in [0.25, 0.3) is 0 Å². The molecule has 1 N–H and O–H groups in total. The summed E-state index contributed by atoms with van der Waals surface area (Å²) in [5, 5.41) is 2.61. The second-order valence-electron chi connectivity index (χ2n) is 7.24. The highest BCUT2D eigenvalue weighted by Crippen LogP contribution is 2.29. The normalized spacial score (nSPS) is 19.9. The predicted molar refractivity (Wildman–Crippen MR) is 93.9 cm³/mol. The molecule has 9 heteroatoms. The summed E-state index contributed by atoms with van der Waals surface area (Å²) < 4.78 is 10.0. The van der Waals surface area contributed by atoms with E-state index in [1.165, 1.54) is 12.0 Å². The van der Waals surface area contributed by atoms with E-state index in [1.54, 1.807) is 25.7 Å². The third-order valence-electron chi connectivity index (χ3n) is 4.16. The molecule has 0 aromatic carbocycles. The molecule has 9 nitrogen and oxygen atoms in total. The summed E-state index contributed by atoms with van der Waals surface area (Å²) in [4.78, 5) is 41.9. The minimum atomic E-state index is -0.702. The monoisotopic (exact) mass is 368 g/mol. The van der Waals surface area contributed by atoms with Crippen LogP contribution in [0.1, 0.15) is 34.1 Å². The van der Waals surface area contributed by atoms with E-state index >= 15 is 0 Å². The Hall–Kier alpha value is -2.45. The van der Waals surface area contributed by atoms with Crippen molar-refractivity contribution in [3.63, 3.8) is 0 Å². The summed E-state index contributed by atoms with van der Waals surface area (Å²) in [6.45, 7) is 8.93. The summed E-state index contributed by atoms with van der Waals surface area (Å²) in [5.74, 6) is -0.467. The summed E-state index contributed by atoms with van der Waals surface area (Å²) in [5.41, 5.74) is 0.210. The molecule has 0 aromatic heterocycles. The Morgan fingerprint density at radius 1 is 1.35 bits per heavy atom. The number of hydrogen-bond donors (Lipinski definition) is 1. The number of nitrogens with zero attached hydrogens (tertiary/aromatic N) is 3. The summed E-state index contributed by atoms with van der Waals surface area (Å²) in [6.07, 6.45) is 1.74. The molecule has 2 aliphatic rings. The smallest absolute Gasteiger partial charge is 0.407 e. The SMILES string of the molecule is CCN1C=C2C[C@@H](C(=O)OC)N(CCNC(=O)OC(C)(C)C)C(=O)N2C1. The first kappa shape index (κ1) is 19.9. The minimum absolute atomic E-state index is 0.179. The molecule has 2 rings (SSSR count). The van der Waals surface area contributed by atoms with Crippen molar-refractivity contribution in [2.45, 2.75) is 45.8 Å². The van der Waals surface area contributed by atoms with Crippen molar-refractivity contribution >= 4 is 18.1 Å². The Kier molecular flexibility index (Phi) is 5.99. The van der Waals surface area contributed by atoms with E-state index < -0.39 is 23.7 Å². The van der Waals surface area contributed by atoms with Crippen molar-refractivity contribution in [2.24, 2.45) is 0 Å². The van der Waals surface area contributed by atoms with Crippen LogP contribution in [-0.4, -0.2) is 77.8 Å². The van der Waals surface area contributed by atoms with Crippen LogP contribution in [0.3, 0.4) is 0 Å². The van der Waals surface area contributed by atoms with Gasteiger partial charge >= 0.3 is 18.1 Å². The van der Waals surface area contributed by atoms with Gasteiger partial charge in [0.2, 0.25) is 0 Å². The zero-order chi connectivity index (χ0) is 19.5. The van der Waals surface area contributed by atoms with Gasteiger partial charge < -0.3 is 24.6 Å². The highest BCUT2D eigenvalue weighted by atomic mass is 16.6. The van der Waals surface area contributed by atoms with E-state index in [4.69, 9.17) is 9.47 Å². The molecule has 0 saturated carbocycles. The molecule has 0 radical (unpaired) electrons. The number of carbonyl (C=O) groups excluding carboxylic acids is 3. The van der Waals surface area contributed by atoms with Crippen molar-refractivity contribution < 1.29 is 23.9 Å². The fraction of sp³-hybridized carbons (Fsp3) is 0.706. The maximum atomic E-state index is 12.8. The van der Waals surface area contributed by atoms with E-state index in [9.17, 15) is 14.4 Å². The standard InChI is InChI=1S/C17H28N4O5/c1-6-19-10-12-9-13(14(22)25-5)20(16(24)21(12)11-19)8-7-18-15(23)26-17(2,3)4/h10,13H,6-9,11H2,1-5H3,(H,18,23)/t13-/m0/s1. The van der Waals surface area contributed by atoms with Gasteiger partial charge in [-0.05, 0) is 27.7 Å². The first-order chi connectivity index (χ1) is 12.2. The third-order valence-corrected chi connectivity index (χ3v) is 4.16. The van der Waals surface area contributed by atoms with Crippen molar-refractivity contribution in [3.05, 3.63) is 11.9 Å². The number of urea groups is 1. The Bertz CT molecular complexity index is 598. The van der Waals surface area contributed by atoms with Crippen molar-refractivity contribution in [2.75, 3.05) is 33.4 Å². The quantitative estimate of drug-likeness (QED) is 0.736. The van der Waals surface area contributed by atoms with Gasteiger partial charge in [0, 0.05) is 38.0 Å². The molecular formula is C17H28N4O5. The third kappa shape index (κ3) is 4.59. The molecule has 1 fully saturated rings. The molecule has 0 aromatic rings. The first-order valence-electron chi connectivity index (χ1n) is 8.73. The van der Waals surface area contributed by atoms with Crippen LogP contribution < -0.4 is 5.32 Å². The molecule has 2 heterocycles. The average Bonchev–Trinajstić information content (AvgIpc) is 2.98. The van der Waals surface area contributed by atoms with Gasteiger partial charge in [-0.2, -0.15) is 0 Å². The zero-order valence-corrected chi connectivity index (χ0v) is 16.1. The molecule has 1 saturated heterocycles. The molecule has 0 unspecified atom stereocenters. The number of amides is 3. The van der Waals surface area contributed by atoms with Crippen LogP contribution in [0.4, 0.5) is 9.59 Å². The molecule has 3 amide bonds. The second kappa shape index (κ2) is 7.84. The Balaban J connectivity index is 2.02. The lowest BCUT2D eigenvalue weighted by atomic mass is 10.1. The van der Waals surface area contributed by atoms with Crippen LogP contribution in [0.15, 0.2) is 11.9 Å². The molecule has 0 spiro atoms. The number of ether oxygens (including phenoxy) is 2. The number of alkyl carbamates (subject to hydrolysis) is 1. The second-order valence-corrected chi connectivity index (χ2v) is 7.24. The molecule has 0 aliphatic carbocycles. The average molecular weight is 368 g/mol. The number of esters is 1. The van der Waals surface area contributed by atoms with Gasteiger partial charge in [-0.1, -0.05) is 0 Å². The number of methoxy groups -OCH3 is 1. The predicted octanol–water partition coefficient (Wildman–Crippen LogP) is 1.31. The lowest BCUT2D eigenvalue weighted by Gasteiger charge is -2.39. The van der Waals surface area contributed by atoms with Crippen LogP contribution in [0, 0.1) is 0 Å². The fourth-order valence-electron chi connectivity index (χ4n) is 2.92. The maximum Gasteiger partial charge on any atom is 0.407 e. The van der Waals surface area contributed by atoms with Gasteiger partial charge in [-0.15, -0.1) is 0 Å². The number of carbonyl (C=O) groups is 3. The maximum absolute atomic E-state index is 12.8. The van der Waals surface area contributed by atoms with E-state index in [-0.39, 0.29) is 19.1 Å². The fourth-order valence-corrected chi connectivity index (χ4v) is 2.92. The number of hydrogen-bond acceptors (Lipinski definition) is 6. The Morgan fingerprint density at radius 2 is 2.04 bits per heavy atom. The highest BCUT2D eigenvalue weighted by Gasteiger charge is 2.42. The minimum Gasteiger partial charge on any atom is -0.467 e. The van der Waals surface area contributed by atoms with Crippen LogP contribution in [0.25, 0.3) is 0 Å². The zero-order valence-electron chi connectivity index (χ0n) is 16.1. The first-order valence-corrected chi connectivity index (χ1v) is 8.73. The molecular weight excluding hydrogens is 340 g/mol. The lowest BCUT2D eigenvalue weighted by Crippen LogP contribution is -2.57. The highest BCUT2D eigenvalue weighted by molar-refractivity contribution is 5.87. The van der Waals surface area contributed by atoms with Crippen LogP contribution in [-0.2, 0) is 14.3 Å². The largest absolute Gasteiger partial charge is 0.467 e. The van der Waals surface area contributed by atoms with Gasteiger partial charge in [-0.25, -0.2) is 14.4 Å². The van der Waals surface area contributed by atoms with Gasteiger partial charge in [0.15, 0.2) is 0 Å².